The van der Waals surface area contributed by atoms with E-state index in [2.05, 4.69) is 33.9 Å². The third-order valence-corrected chi connectivity index (χ3v) is 5.96. The third-order valence-electron chi connectivity index (χ3n) is 4.78. The number of hydrogen-bond acceptors (Lipinski definition) is 7. The molecule has 136 valence electrons. The third kappa shape index (κ3) is 3.77. The van der Waals surface area contributed by atoms with Crippen molar-refractivity contribution in [3.8, 4) is 0 Å². The van der Waals surface area contributed by atoms with Gasteiger partial charge in [0, 0.05) is 20.1 Å². The number of aryl methyl sites for hydroxylation is 1. The van der Waals surface area contributed by atoms with Gasteiger partial charge in [0.2, 0.25) is 0 Å². The minimum Gasteiger partial charge on any atom is -0.462 e. The summed E-state index contributed by atoms with van der Waals surface area (Å²) in [5.41, 5.74) is 0.918. The highest BCUT2D eigenvalue weighted by Crippen LogP contribution is 2.35. The van der Waals surface area contributed by atoms with Crippen LogP contribution in [-0.4, -0.2) is 61.2 Å². The van der Waals surface area contributed by atoms with E-state index in [4.69, 9.17) is 4.74 Å². The Morgan fingerprint density at radius 2 is 2.28 bits per heavy atom. The molecule has 1 aliphatic rings. The van der Waals surface area contributed by atoms with Gasteiger partial charge in [-0.2, -0.15) is 0 Å². The number of thiophene rings is 1. The van der Waals surface area contributed by atoms with Crippen molar-refractivity contribution in [2.75, 3.05) is 45.2 Å². The van der Waals surface area contributed by atoms with Crippen LogP contribution in [-0.2, 0) is 4.74 Å². The highest BCUT2D eigenvalue weighted by atomic mass is 32.1. The first-order chi connectivity index (χ1) is 12.0. The van der Waals surface area contributed by atoms with Gasteiger partial charge in [-0.05, 0) is 51.8 Å². The van der Waals surface area contributed by atoms with E-state index in [1.54, 1.807) is 6.33 Å². The van der Waals surface area contributed by atoms with Crippen LogP contribution < -0.4 is 4.90 Å². The maximum atomic E-state index is 12.2. The zero-order chi connectivity index (χ0) is 18.0. The Labute approximate surface area is 152 Å². The number of esters is 1. The Kier molecular flexibility index (Phi) is 5.54. The molecule has 1 unspecified atom stereocenters. The lowest BCUT2D eigenvalue weighted by atomic mass is 9.98. The topological polar surface area (TPSA) is 58.6 Å². The summed E-state index contributed by atoms with van der Waals surface area (Å²) < 4.78 is 5.18. The quantitative estimate of drug-likeness (QED) is 0.762. The number of rotatable bonds is 5. The molecule has 3 rings (SSSR count). The molecule has 0 N–H and O–H groups in total. The van der Waals surface area contributed by atoms with E-state index >= 15 is 0 Å². The lowest BCUT2D eigenvalue weighted by Gasteiger charge is -2.32. The summed E-state index contributed by atoms with van der Waals surface area (Å²) >= 11 is 1.39. The number of ether oxygens (including phenoxy) is 1. The molecule has 0 amide bonds. The monoisotopic (exact) mass is 362 g/mol. The molecule has 6 nitrogen and oxygen atoms in total. The van der Waals surface area contributed by atoms with Crippen LogP contribution in [0.2, 0.25) is 0 Å². The predicted octanol–water partition coefficient (Wildman–Crippen LogP) is 2.95. The van der Waals surface area contributed by atoms with E-state index in [-0.39, 0.29) is 5.97 Å². The average Bonchev–Trinajstić information content (AvgIpc) is 2.92. The molecule has 7 heteroatoms. The average molecular weight is 362 g/mol. The van der Waals surface area contributed by atoms with E-state index in [0.29, 0.717) is 17.4 Å². The molecule has 2 aromatic rings. The van der Waals surface area contributed by atoms with Crippen LogP contribution in [0.15, 0.2) is 6.33 Å². The van der Waals surface area contributed by atoms with Crippen LogP contribution in [0, 0.1) is 12.8 Å². The van der Waals surface area contributed by atoms with Crippen molar-refractivity contribution in [3.05, 3.63) is 16.8 Å². The number of piperidine rings is 1. The molecule has 1 fully saturated rings. The molecule has 1 atom stereocenters. The number of fused-ring (bicyclic) bond motifs is 1. The molecule has 3 heterocycles. The fraction of sp³-hybridized carbons (Fsp3) is 0.611. The first-order valence-corrected chi connectivity index (χ1v) is 9.63. The molecule has 0 saturated carbocycles. The molecule has 1 saturated heterocycles. The highest BCUT2D eigenvalue weighted by Gasteiger charge is 2.24. The molecule has 2 aromatic heterocycles. The molecule has 1 aliphatic heterocycles. The summed E-state index contributed by atoms with van der Waals surface area (Å²) in [6.07, 6.45) is 4.09. The van der Waals surface area contributed by atoms with Crippen molar-refractivity contribution in [1.82, 2.24) is 14.9 Å². The Bertz CT molecular complexity index is 761. The Morgan fingerprint density at radius 3 is 3.00 bits per heavy atom. The maximum Gasteiger partial charge on any atom is 0.348 e. The zero-order valence-electron chi connectivity index (χ0n) is 15.4. The van der Waals surface area contributed by atoms with Gasteiger partial charge in [0.1, 0.15) is 21.9 Å². The van der Waals surface area contributed by atoms with Gasteiger partial charge >= 0.3 is 5.97 Å². The number of nitrogens with zero attached hydrogens (tertiary/aromatic N) is 4. The van der Waals surface area contributed by atoms with Crippen LogP contribution in [0.1, 0.15) is 35.0 Å². The number of carbonyl (C=O) groups excluding carboxylic acids is 1. The second-order valence-corrected chi connectivity index (χ2v) is 7.80. The smallest absolute Gasteiger partial charge is 0.348 e. The molecule has 0 aromatic carbocycles. The second-order valence-electron chi connectivity index (χ2n) is 6.81. The normalized spacial score (nSPS) is 18.5. The van der Waals surface area contributed by atoms with Gasteiger partial charge in [-0.15, -0.1) is 11.3 Å². The van der Waals surface area contributed by atoms with Gasteiger partial charge in [-0.25, -0.2) is 14.8 Å². The van der Waals surface area contributed by atoms with Gasteiger partial charge in [0.25, 0.3) is 0 Å². The van der Waals surface area contributed by atoms with Crippen LogP contribution in [0.25, 0.3) is 10.2 Å². The molecular weight excluding hydrogens is 336 g/mol. The van der Waals surface area contributed by atoms with E-state index < -0.39 is 0 Å². The first kappa shape index (κ1) is 18.1. The van der Waals surface area contributed by atoms with Gasteiger partial charge in [-0.3, -0.25) is 0 Å². The van der Waals surface area contributed by atoms with Crippen LogP contribution in [0.3, 0.4) is 0 Å². The molecule has 0 bridgehead atoms. The molecule has 0 aliphatic carbocycles. The SMILES string of the molecule is CCOC(=O)c1sc2ncnc(N(C)CC3CCCN(C)C3)c2c1C. The molecule has 0 spiro atoms. The van der Waals surface area contributed by atoms with E-state index in [9.17, 15) is 4.79 Å². The van der Waals surface area contributed by atoms with Crippen molar-refractivity contribution in [1.29, 1.82) is 0 Å². The van der Waals surface area contributed by atoms with Crippen LogP contribution in [0.4, 0.5) is 5.82 Å². The summed E-state index contributed by atoms with van der Waals surface area (Å²) in [5, 5.41) is 0.974. The number of aromatic nitrogens is 2. The summed E-state index contributed by atoms with van der Waals surface area (Å²) in [7, 11) is 4.27. The summed E-state index contributed by atoms with van der Waals surface area (Å²) in [6, 6.07) is 0. The molecular formula is C18H26N4O2S. The maximum absolute atomic E-state index is 12.2. The Morgan fingerprint density at radius 1 is 1.48 bits per heavy atom. The fourth-order valence-electron chi connectivity index (χ4n) is 3.63. The summed E-state index contributed by atoms with van der Waals surface area (Å²) in [5.74, 6) is 1.27. The lowest BCUT2D eigenvalue weighted by molar-refractivity contribution is 0.0531. The van der Waals surface area contributed by atoms with Crippen molar-refractivity contribution < 1.29 is 9.53 Å². The highest BCUT2D eigenvalue weighted by molar-refractivity contribution is 7.20. The molecule has 25 heavy (non-hydrogen) atoms. The fourth-order valence-corrected chi connectivity index (χ4v) is 4.67. The number of anilines is 1. The van der Waals surface area contributed by atoms with Gasteiger partial charge in [0.15, 0.2) is 0 Å². The Balaban J connectivity index is 1.89. The van der Waals surface area contributed by atoms with E-state index in [1.165, 1.54) is 30.7 Å². The van der Waals surface area contributed by atoms with Crippen molar-refractivity contribution in [2.45, 2.75) is 26.7 Å². The van der Waals surface area contributed by atoms with Gasteiger partial charge < -0.3 is 14.5 Å². The summed E-state index contributed by atoms with van der Waals surface area (Å²) in [6.45, 7) is 7.42. The van der Waals surface area contributed by atoms with Crippen LogP contribution >= 0.6 is 11.3 Å². The van der Waals surface area contributed by atoms with Crippen LogP contribution in [0.5, 0.6) is 0 Å². The standard InChI is InChI=1S/C18H26N4O2S/c1-5-24-18(23)15-12(2)14-16(19-11-20-17(14)25-15)22(4)10-13-7-6-8-21(3)9-13/h11,13H,5-10H2,1-4H3. The number of hydrogen-bond donors (Lipinski definition) is 0. The summed E-state index contributed by atoms with van der Waals surface area (Å²) in [4.78, 5) is 27.2. The first-order valence-electron chi connectivity index (χ1n) is 8.82. The minimum atomic E-state index is -0.273. The van der Waals surface area contributed by atoms with Crippen molar-refractivity contribution >= 4 is 33.3 Å². The largest absolute Gasteiger partial charge is 0.462 e. The van der Waals surface area contributed by atoms with E-state index in [0.717, 1.165) is 34.7 Å². The zero-order valence-corrected chi connectivity index (χ0v) is 16.2. The second kappa shape index (κ2) is 7.66. The van der Waals surface area contributed by atoms with E-state index in [1.807, 2.05) is 13.8 Å². The lowest BCUT2D eigenvalue weighted by Crippen LogP contribution is -2.38. The molecule has 0 radical (unpaired) electrons. The number of carbonyl (C=O) groups is 1. The predicted molar refractivity (Wildman–Crippen MR) is 102 cm³/mol. The van der Waals surface area contributed by atoms with Crippen molar-refractivity contribution in [3.63, 3.8) is 0 Å². The van der Waals surface area contributed by atoms with Gasteiger partial charge in [0.05, 0.1) is 12.0 Å². The Hall–Kier alpha value is -1.73. The van der Waals surface area contributed by atoms with Crippen molar-refractivity contribution in [2.24, 2.45) is 5.92 Å². The van der Waals surface area contributed by atoms with Gasteiger partial charge in [-0.1, -0.05) is 0 Å². The minimum absolute atomic E-state index is 0.273. The number of likely N-dealkylation sites (tertiary alicyclic amines) is 1.